The molecule has 0 saturated heterocycles. The molecule has 26 heavy (non-hydrogen) atoms. The Hall–Kier alpha value is -3.02. The Morgan fingerprint density at radius 1 is 0.962 bits per heavy atom. The second-order valence-corrected chi connectivity index (χ2v) is 5.80. The fourth-order valence-electron chi connectivity index (χ4n) is 2.25. The van der Waals surface area contributed by atoms with Crippen LogP contribution in [0.4, 0.5) is 0 Å². The molecule has 0 radical (unpaired) electrons. The van der Waals surface area contributed by atoms with Crippen LogP contribution in [0.5, 0.6) is 0 Å². The SMILES string of the molecule is C=C(CCON=C(C)c1cccc(C)n1)c1cccc(C(C)=NOC)n1. The Balaban J connectivity index is 1.92. The van der Waals surface area contributed by atoms with Gasteiger partial charge < -0.3 is 9.68 Å². The number of nitrogens with zero attached hydrogens (tertiary/aromatic N) is 4. The van der Waals surface area contributed by atoms with E-state index < -0.39 is 0 Å². The first-order chi connectivity index (χ1) is 12.5. The predicted octanol–water partition coefficient (Wildman–Crippen LogP) is 4.00. The topological polar surface area (TPSA) is 69.0 Å². The van der Waals surface area contributed by atoms with Gasteiger partial charge in [-0.05, 0) is 50.6 Å². The smallest absolute Gasteiger partial charge is 0.121 e. The van der Waals surface area contributed by atoms with Gasteiger partial charge in [0.1, 0.15) is 25.1 Å². The molecule has 136 valence electrons. The highest BCUT2D eigenvalue weighted by Gasteiger charge is 2.06. The number of rotatable bonds is 8. The van der Waals surface area contributed by atoms with Crippen LogP contribution in [-0.2, 0) is 9.68 Å². The molecule has 0 amide bonds. The van der Waals surface area contributed by atoms with E-state index in [1.165, 1.54) is 7.11 Å². The van der Waals surface area contributed by atoms with Crippen molar-refractivity contribution in [2.24, 2.45) is 10.3 Å². The molecule has 0 aliphatic rings. The molecule has 0 spiro atoms. The molecule has 0 bridgehead atoms. The molecule has 0 aliphatic heterocycles. The van der Waals surface area contributed by atoms with Gasteiger partial charge in [-0.1, -0.05) is 29.0 Å². The first kappa shape index (κ1) is 19.3. The van der Waals surface area contributed by atoms with Crippen LogP contribution in [0.25, 0.3) is 5.57 Å². The normalized spacial score (nSPS) is 12.0. The van der Waals surface area contributed by atoms with Gasteiger partial charge in [-0.25, -0.2) is 4.98 Å². The first-order valence-electron chi connectivity index (χ1n) is 8.35. The Morgan fingerprint density at radius 3 is 2.27 bits per heavy atom. The number of aromatic nitrogens is 2. The molecule has 0 atom stereocenters. The second-order valence-electron chi connectivity index (χ2n) is 5.80. The van der Waals surface area contributed by atoms with Crippen LogP contribution < -0.4 is 0 Å². The zero-order valence-corrected chi connectivity index (χ0v) is 15.7. The lowest BCUT2D eigenvalue weighted by Gasteiger charge is -2.07. The van der Waals surface area contributed by atoms with Crippen LogP contribution >= 0.6 is 0 Å². The standard InChI is InChI=1S/C20H24N4O2/c1-14(18-9-7-11-20(22-18)16(3)23-25-5)12-13-26-24-17(4)19-10-6-8-15(2)21-19/h6-11H,1,12-13H2,2-5H3. The zero-order valence-electron chi connectivity index (χ0n) is 15.7. The van der Waals surface area contributed by atoms with E-state index in [2.05, 4.69) is 26.9 Å². The average Bonchev–Trinajstić information content (AvgIpc) is 2.65. The van der Waals surface area contributed by atoms with Gasteiger partial charge >= 0.3 is 0 Å². The maximum atomic E-state index is 5.41. The molecule has 0 aromatic carbocycles. The van der Waals surface area contributed by atoms with Gasteiger partial charge in [0.05, 0.1) is 17.1 Å². The van der Waals surface area contributed by atoms with Crippen molar-refractivity contribution in [3.63, 3.8) is 0 Å². The molecule has 0 N–H and O–H groups in total. The van der Waals surface area contributed by atoms with E-state index in [-0.39, 0.29) is 0 Å². The molecule has 0 fully saturated rings. The van der Waals surface area contributed by atoms with Crippen molar-refractivity contribution in [3.8, 4) is 0 Å². The minimum Gasteiger partial charge on any atom is -0.399 e. The van der Waals surface area contributed by atoms with Crippen molar-refractivity contribution in [3.05, 3.63) is 65.8 Å². The molecule has 0 aliphatic carbocycles. The van der Waals surface area contributed by atoms with Gasteiger partial charge in [0, 0.05) is 12.1 Å². The van der Waals surface area contributed by atoms with E-state index in [4.69, 9.17) is 9.68 Å². The van der Waals surface area contributed by atoms with Gasteiger partial charge in [0.2, 0.25) is 0 Å². The number of hydrogen-bond donors (Lipinski definition) is 0. The Kier molecular flexibility index (Phi) is 7.02. The van der Waals surface area contributed by atoms with Crippen molar-refractivity contribution >= 4 is 17.0 Å². The maximum Gasteiger partial charge on any atom is 0.121 e. The third kappa shape index (κ3) is 5.51. The van der Waals surface area contributed by atoms with E-state index in [0.29, 0.717) is 18.7 Å². The summed E-state index contributed by atoms with van der Waals surface area (Å²) in [7, 11) is 1.51. The zero-order chi connectivity index (χ0) is 18.9. The molecule has 6 nitrogen and oxygen atoms in total. The molecule has 6 heteroatoms. The molecular weight excluding hydrogens is 328 g/mol. The monoisotopic (exact) mass is 352 g/mol. The fraction of sp³-hybridized carbons (Fsp3) is 0.300. The number of pyridine rings is 2. The van der Waals surface area contributed by atoms with Gasteiger partial charge in [0.25, 0.3) is 0 Å². The van der Waals surface area contributed by atoms with Gasteiger partial charge in [-0.2, -0.15) is 0 Å². The van der Waals surface area contributed by atoms with Gasteiger partial charge in [-0.15, -0.1) is 0 Å². The Labute approximate surface area is 154 Å². The highest BCUT2D eigenvalue weighted by atomic mass is 16.6. The lowest BCUT2D eigenvalue weighted by Crippen LogP contribution is -2.03. The molecule has 2 heterocycles. The van der Waals surface area contributed by atoms with Crippen LogP contribution in [0.2, 0.25) is 0 Å². The number of hydrogen-bond acceptors (Lipinski definition) is 6. The van der Waals surface area contributed by atoms with Gasteiger partial charge in [-0.3, -0.25) is 4.98 Å². The summed E-state index contributed by atoms with van der Waals surface area (Å²) in [5.74, 6) is 0. The van der Waals surface area contributed by atoms with E-state index in [9.17, 15) is 0 Å². The molecule has 0 unspecified atom stereocenters. The minimum atomic E-state index is 0.416. The largest absolute Gasteiger partial charge is 0.399 e. The highest BCUT2D eigenvalue weighted by Crippen LogP contribution is 2.15. The molecule has 2 aromatic rings. The van der Waals surface area contributed by atoms with Gasteiger partial charge in [0.15, 0.2) is 0 Å². The summed E-state index contributed by atoms with van der Waals surface area (Å²) in [6.45, 7) is 10.2. The average molecular weight is 352 g/mol. The summed E-state index contributed by atoms with van der Waals surface area (Å²) >= 11 is 0. The lowest BCUT2D eigenvalue weighted by molar-refractivity contribution is 0.150. The molecular formula is C20H24N4O2. The molecule has 2 aromatic heterocycles. The van der Waals surface area contributed by atoms with E-state index in [1.54, 1.807) is 0 Å². The summed E-state index contributed by atoms with van der Waals surface area (Å²) in [6, 6.07) is 11.5. The predicted molar refractivity (Wildman–Crippen MR) is 104 cm³/mol. The third-order valence-electron chi connectivity index (χ3n) is 3.67. The minimum absolute atomic E-state index is 0.416. The fourth-order valence-corrected chi connectivity index (χ4v) is 2.25. The maximum absolute atomic E-state index is 5.41. The van der Waals surface area contributed by atoms with Crippen LogP contribution in [0.1, 0.15) is 43.0 Å². The Bertz CT molecular complexity index is 828. The van der Waals surface area contributed by atoms with Crippen LogP contribution in [0, 0.1) is 6.92 Å². The van der Waals surface area contributed by atoms with Crippen molar-refractivity contribution in [1.82, 2.24) is 9.97 Å². The van der Waals surface area contributed by atoms with Crippen molar-refractivity contribution in [1.29, 1.82) is 0 Å². The van der Waals surface area contributed by atoms with Crippen molar-refractivity contribution < 1.29 is 9.68 Å². The van der Waals surface area contributed by atoms with Crippen molar-refractivity contribution in [2.75, 3.05) is 13.7 Å². The van der Waals surface area contributed by atoms with E-state index >= 15 is 0 Å². The van der Waals surface area contributed by atoms with Crippen LogP contribution in [-0.4, -0.2) is 35.1 Å². The van der Waals surface area contributed by atoms with Crippen LogP contribution in [0.15, 0.2) is 53.3 Å². The summed E-state index contributed by atoms with van der Waals surface area (Å²) in [5, 5.41) is 8.03. The highest BCUT2D eigenvalue weighted by molar-refractivity contribution is 5.97. The quantitative estimate of drug-likeness (QED) is 0.409. The molecule has 0 saturated carbocycles. The lowest BCUT2D eigenvalue weighted by atomic mass is 10.1. The summed E-state index contributed by atoms with van der Waals surface area (Å²) in [6.07, 6.45) is 0.620. The first-order valence-corrected chi connectivity index (χ1v) is 8.35. The molecule has 2 rings (SSSR count). The summed E-state index contributed by atoms with van der Waals surface area (Å²) < 4.78 is 0. The second kappa shape index (κ2) is 9.46. The summed E-state index contributed by atoms with van der Waals surface area (Å²) in [5.41, 5.74) is 5.65. The third-order valence-corrected chi connectivity index (χ3v) is 3.67. The van der Waals surface area contributed by atoms with E-state index in [1.807, 2.05) is 57.2 Å². The summed E-state index contributed by atoms with van der Waals surface area (Å²) in [4.78, 5) is 19.2. The van der Waals surface area contributed by atoms with Crippen LogP contribution in [0.3, 0.4) is 0 Å². The van der Waals surface area contributed by atoms with E-state index in [0.717, 1.165) is 34.1 Å². The number of aryl methyl sites for hydroxylation is 1. The Morgan fingerprint density at radius 2 is 1.58 bits per heavy atom. The number of oxime groups is 2. The van der Waals surface area contributed by atoms with Crippen molar-refractivity contribution in [2.45, 2.75) is 27.2 Å².